The van der Waals surface area contributed by atoms with E-state index in [-0.39, 0.29) is 12.1 Å². The van der Waals surface area contributed by atoms with Gasteiger partial charge in [0.05, 0.1) is 0 Å². The van der Waals surface area contributed by atoms with Crippen molar-refractivity contribution in [2.45, 2.75) is 45.7 Å². The Morgan fingerprint density at radius 2 is 1.60 bits per heavy atom. The van der Waals surface area contributed by atoms with Gasteiger partial charge in [0.15, 0.2) is 0 Å². The highest BCUT2D eigenvalue weighted by Crippen LogP contribution is 2.08. The van der Waals surface area contributed by atoms with Crippen molar-refractivity contribution < 1.29 is 0 Å². The molecule has 0 saturated heterocycles. The standard InChI is InChI=1S/C8H20N2/c1-4-6(3)8(10)7(9)5-2/h6-8H,4-5,9-10H2,1-3H3. The highest BCUT2D eigenvalue weighted by atomic mass is 14.8. The SMILES string of the molecule is CCC(C)C(N)C(N)CC. The summed E-state index contributed by atoms with van der Waals surface area (Å²) in [7, 11) is 0. The lowest BCUT2D eigenvalue weighted by Gasteiger charge is -2.23. The second-order valence-electron chi connectivity index (χ2n) is 3.03. The predicted molar refractivity (Wildman–Crippen MR) is 45.7 cm³/mol. The lowest BCUT2D eigenvalue weighted by Crippen LogP contribution is -2.45. The summed E-state index contributed by atoms with van der Waals surface area (Å²) < 4.78 is 0. The largest absolute Gasteiger partial charge is 0.326 e. The topological polar surface area (TPSA) is 52.0 Å². The Morgan fingerprint density at radius 3 is 1.90 bits per heavy atom. The van der Waals surface area contributed by atoms with Crippen molar-refractivity contribution in [1.82, 2.24) is 0 Å². The first-order valence-corrected chi connectivity index (χ1v) is 4.14. The molecule has 4 N–H and O–H groups in total. The van der Waals surface area contributed by atoms with E-state index in [9.17, 15) is 0 Å². The summed E-state index contributed by atoms with van der Waals surface area (Å²) in [6.07, 6.45) is 2.10. The Morgan fingerprint density at radius 1 is 1.10 bits per heavy atom. The summed E-state index contributed by atoms with van der Waals surface area (Å²) in [5.74, 6) is 0.551. The van der Waals surface area contributed by atoms with Crippen molar-refractivity contribution in [2.75, 3.05) is 0 Å². The first-order chi connectivity index (χ1) is 4.63. The van der Waals surface area contributed by atoms with Gasteiger partial charge in [0.25, 0.3) is 0 Å². The normalized spacial score (nSPS) is 20.1. The number of rotatable bonds is 4. The maximum Gasteiger partial charge on any atom is 0.0218 e. The van der Waals surface area contributed by atoms with Crippen molar-refractivity contribution in [2.24, 2.45) is 17.4 Å². The summed E-state index contributed by atoms with van der Waals surface area (Å²) in [5, 5.41) is 0. The van der Waals surface area contributed by atoms with Gasteiger partial charge in [0, 0.05) is 12.1 Å². The first-order valence-electron chi connectivity index (χ1n) is 4.14. The molecule has 2 nitrogen and oxygen atoms in total. The maximum absolute atomic E-state index is 5.86. The molecule has 0 spiro atoms. The molecular weight excluding hydrogens is 124 g/mol. The lowest BCUT2D eigenvalue weighted by atomic mass is 9.93. The number of hydrogen-bond acceptors (Lipinski definition) is 2. The minimum absolute atomic E-state index is 0.176. The molecule has 0 heterocycles. The van der Waals surface area contributed by atoms with E-state index in [0.717, 1.165) is 12.8 Å². The van der Waals surface area contributed by atoms with E-state index in [1.165, 1.54) is 0 Å². The van der Waals surface area contributed by atoms with E-state index in [1.54, 1.807) is 0 Å². The summed E-state index contributed by atoms with van der Waals surface area (Å²) >= 11 is 0. The molecule has 2 heteroatoms. The molecule has 0 aromatic heterocycles. The van der Waals surface area contributed by atoms with E-state index in [1.807, 2.05) is 0 Å². The molecule has 0 fully saturated rings. The highest BCUT2D eigenvalue weighted by molar-refractivity contribution is 4.78. The number of hydrogen-bond donors (Lipinski definition) is 2. The molecular formula is C8H20N2. The van der Waals surface area contributed by atoms with Crippen LogP contribution in [0.5, 0.6) is 0 Å². The van der Waals surface area contributed by atoms with E-state index < -0.39 is 0 Å². The summed E-state index contributed by atoms with van der Waals surface area (Å²) in [6, 6.07) is 0.352. The van der Waals surface area contributed by atoms with Crippen LogP contribution in [0.15, 0.2) is 0 Å². The van der Waals surface area contributed by atoms with Crippen molar-refractivity contribution in [3.05, 3.63) is 0 Å². The first kappa shape index (κ1) is 9.92. The van der Waals surface area contributed by atoms with Gasteiger partial charge in [0.2, 0.25) is 0 Å². The summed E-state index contributed by atoms with van der Waals surface area (Å²) in [6.45, 7) is 6.38. The Labute approximate surface area is 64.0 Å². The minimum atomic E-state index is 0.176. The summed E-state index contributed by atoms with van der Waals surface area (Å²) in [4.78, 5) is 0. The van der Waals surface area contributed by atoms with Crippen LogP contribution >= 0.6 is 0 Å². The van der Waals surface area contributed by atoms with E-state index >= 15 is 0 Å². The second-order valence-corrected chi connectivity index (χ2v) is 3.03. The van der Waals surface area contributed by atoms with E-state index in [0.29, 0.717) is 5.92 Å². The quantitative estimate of drug-likeness (QED) is 0.620. The van der Waals surface area contributed by atoms with Crippen molar-refractivity contribution in [3.63, 3.8) is 0 Å². The molecule has 0 aliphatic rings. The molecule has 0 aliphatic heterocycles. The van der Waals surface area contributed by atoms with E-state index in [4.69, 9.17) is 11.5 Å². The van der Waals surface area contributed by atoms with Crippen LogP contribution in [0.4, 0.5) is 0 Å². The fourth-order valence-electron chi connectivity index (χ4n) is 0.966. The second kappa shape index (κ2) is 4.69. The van der Waals surface area contributed by atoms with E-state index in [2.05, 4.69) is 20.8 Å². The zero-order chi connectivity index (χ0) is 8.15. The van der Waals surface area contributed by atoms with Crippen LogP contribution in [0.3, 0.4) is 0 Å². The zero-order valence-electron chi connectivity index (χ0n) is 7.30. The molecule has 62 valence electrons. The third kappa shape index (κ3) is 2.67. The lowest BCUT2D eigenvalue weighted by molar-refractivity contribution is 0.375. The summed E-state index contributed by atoms with van der Waals surface area (Å²) in [5.41, 5.74) is 11.6. The third-order valence-corrected chi connectivity index (χ3v) is 2.27. The molecule has 0 saturated carbocycles. The number of nitrogens with two attached hydrogens (primary N) is 2. The fraction of sp³-hybridized carbons (Fsp3) is 1.00. The van der Waals surface area contributed by atoms with Gasteiger partial charge >= 0.3 is 0 Å². The minimum Gasteiger partial charge on any atom is -0.326 e. The average molecular weight is 144 g/mol. The molecule has 0 aliphatic carbocycles. The molecule has 3 unspecified atom stereocenters. The Hall–Kier alpha value is -0.0800. The van der Waals surface area contributed by atoms with Crippen LogP contribution in [0.2, 0.25) is 0 Å². The van der Waals surface area contributed by atoms with Crippen LogP contribution in [0.1, 0.15) is 33.6 Å². The van der Waals surface area contributed by atoms with Gasteiger partial charge in [-0.15, -0.1) is 0 Å². The predicted octanol–water partition coefficient (Wildman–Crippen LogP) is 1.10. The highest BCUT2D eigenvalue weighted by Gasteiger charge is 2.16. The van der Waals surface area contributed by atoms with Gasteiger partial charge in [-0.2, -0.15) is 0 Å². The van der Waals surface area contributed by atoms with Crippen molar-refractivity contribution in [1.29, 1.82) is 0 Å². The fourth-order valence-corrected chi connectivity index (χ4v) is 0.966. The molecule has 0 radical (unpaired) electrons. The Kier molecular flexibility index (Phi) is 4.65. The van der Waals surface area contributed by atoms with Gasteiger partial charge in [-0.3, -0.25) is 0 Å². The molecule has 0 rings (SSSR count). The maximum atomic E-state index is 5.86. The van der Waals surface area contributed by atoms with Gasteiger partial charge in [-0.25, -0.2) is 0 Å². The average Bonchev–Trinajstić information content (AvgIpc) is 2.00. The molecule has 0 aromatic rings. The molecule has 0 bridgehead atoms. The molecule has 0 aromatic carbocycles. The Balaban J connectivity index is 3.69. The van der Waals surface area contributed by atoms with Gasteiger partial charge < -0.3 is 11.5 Å². The van der Waals surface area contributed by atoms with Crippen LogP contribution < -0.4 is 11.5 Å². The smallest absolute Gasteiger partial charge is 0.0218 e. The van der Waals surface area contributed by atoms with Crippen molar-refractivity contribution in [3.8, 4) is 0 Å². The molecule has 0 amide bonds. The van der Waals surface area contributed by atoms with Gasteiger partial charge in [0.1, 0.15) is 0 Å². The van der Waals surface area contributed by atoms with Gasteiger partial charge in [-0.1, -0.05) is 27.2 Å². The zero-order valence-corrected chi connectivity index (χ0v) is 7.30. The third-order valence-electron chi connectivity index (χ3n) is 2.27. The molecule has 10 heavy (non-hydrogen) atoms. The Bertz CT molecular complexity index is 73.3. The van der Waals surface area contributed by atoms with Crippen molar-refractivity contribution >= 4 is 0 Å². The van der Waals surface area contributed by atoms with Crippen LogP contribution in [0, 0.1) is 5.92 Å². The molecule has 3 atom stereocenters. The van der Waals surface area contributed by atoms with Crippen LogP contribution in [0.25, 0.3) is 0 Å². The monoisotopic (exact) mass is 144 g/mol. The van der Waals surface area contributed by atoms with Crippen LogP contribution in [-0.2, 0) is 0 Å². The van der Waals surface area contributed by atoms with Crippen LogP contribution in [-0.4, -0.2) is 12.1 Å². The van der Waals surface area contributed by atoms with Gasteiger partial charge in [-0.05, 0) is 12.3 Å².